The fraction of sp³-hybridized carbons (Fsp3) is 0.320. The van der Waals surface area contributed by atoms with E-state index in [0.29, 0.717) is 37.5 Å². The standard InChI is InChI=1S/C25H29N5O3/c1-33-23-9-8-20(16-21(23)17-29-12-5-11-27-29)25(32)30-15-14-28(18-22(30)24(26)31)13-10-19-6-3-2-4-7-19/h2-9,11-12,16,22H,10,13-15,17-18H2,1H3,(H2,26,31)/t22-/m1/s1. The summed E-state index contributed by atoms with van der Waals surface area (Å²) in [6.07, 6.45) is 4.44. The van der Waals surface area contributed by atoms with Crippen molar-refractivity contribution in [1.29, 1.82) is 0 Å². The number of amides is 2. The molecule has 2 heterocycles. The van der Waals surface area contributed by atoms with Crippen LogP contribution in [0.1, 0.15) is 21.5 Å². The van der Waals surface area contributed by atoms with Gasteiger partial charge in [0.1, 0.15) is 11.8 Å². The molecule has 1 aliphatic rings. The zero-order valence-corrected chi connectivity index (χ0v) is 18.8. The van der Waals surface area contributed by atoms with Crippen molar-refractivity contribution in [2.45, 2.75) is 19.0 Å². The van der Waals surface area contributed by atoms with Gasteiger partial charge < -0.3 is 15.4 Å². The van der Waals surface area contributed by atoms with Gasteiger partial charge in [-0.1, -0.05) is 30.3 Å². The molecule has 2 aromatic carbocycles. The zero-order valence-electron chi connectivity index (χ0n) is 18.8. The van der Waals surface area contributed by atoms with Crippen LogP contribution in [0.2, 0.25) is 0 Å². The highest BCUT2D eigenvalue weighted by atomic mass is 16.5. The fourth-order valence-corrected chi connectivity index (χ4v) is 4.23. The molecule has 1 aromatic heterocycles. The lowest BCUT2D eigenvalue weighted by Gasteiger charge is -2.40. The Kier molecular flexibility index (Phi) is 7.04. The molecule has 0 saturated carbocycles. The summed E-state index contributed by atoms with van der Waals surface area (Å²) < 4.78 is 7.23. The van der Waals surface area contributed by atoms with Crippen LogP contribution in [0.25, 0.3) is 0 Å². The van der Waals surface area contributed by atoms with Gasteiger partial charge >= 0.3 is 0 Å². The van der Waals surface area contributed by atoms with Crippen LogP contribution in [0.5, 0.6) is 5.75 Å². The molecular formula is C25H29N5O3. The molecule has 172 valence electrons. The number of rotatable bonds is 8. The van der Waals surface area contributed by atoms with Crippen LogP contribution in [-0.4, -0.2) is 70.7 Å². The van der Waals surface area contributed by atoms with Crippen molar-refractivity contribution in [3.8, 4) is 5.75 Å². The maximum Gasteiger partial charge on any atom is 0.254 e. The average molecular weight is 448 g/mol. The third-order valence-electron chi connectivity index (χ3n) is 6.03. The number of nitrogens with zero attached hydrogens (tertiary/aromatic N) is 4. The predicted octanol–water partition coefficient (Wildman–Crippen LogP) is 1.79. The van der Waals surface area contributed by atoms with Gasteiger partial charge in [-0.05, 0) is 36.2 Å². The van der Waals surface area contributed by atoms with Crippen molar-refractivity contribution < 1.29 is 14.3 Å². The van der Waals surface area contributed by atoms with Gasteiger partial charge in [0.15, 0.2) is 0 Å². The lowest BCUT2D eigenvalue weighted by Crippen LogP contribution is -2.60. The van der Waals surface area contributed by atoms with Crippen molar-refractivity contribution >= 4 is 11.8 Å². The molecule has 2 amide bonds. The second-order valence-electron chi connectivity index (χ2n) is 8.18. The highest BCUT2D eigenvalue weighted by Gasteiger charge is 2.34. The molecule has 8 nitrogen and oxygen atoms in total. The number of methoxy groups -OCH3 is 1. The summed E-state index contributed by atoms with van der Waals surface area (Å²) >= 11 is 0. The summed E-state index contributed by atoms with van der Waals surface area (Å²) in [6, 6.07) is 16.7. The largest absolute Gasteiger partial charge is 0.496 e. The second-order valence-corrected chi connectivity index (χ2v) is 8.18. The smallest absolute Gasteiger partial charge is 0.254 e. The minimum atomic E-state index is -0.668. The Labute approximate surface area is 193 Å². The number of carbonyl (C=O) groups is 2. The molecule has 1 fully saturated rings. The van der Waals surface area contributed by atoms with Gasteiger partial charge in [-0.3, -0.25) is 19.2 Å². The molecule has 0 radical (unpaired) electrons. The van der Waals surface area contributed by atoms with Gasteiger partial charge in [-0.2, -0.15) is 5.10 Å². The summed E-state index contributed by atoms with van der Waals surface area (Å²) in [4.78, 5) is 29.5. The quantitative estimate of drug-likeness (QED) is 0.568. The lowest BCUT2D eigenvalue weighted by molar-refractivity contribution is -0.124. The maximum absolute atomic E-state index is 13.4. The Hall–Kier alpha value is -3.65. The normalized spacial score (nSPS) is 16.5. The van der Waals surface area contributed by atoms with Crippen LogP contribution in [0.3, 0.4) is 0 Å². The van der Waals surface area contributed by atoms with Crippen molar-refractivity contribution in [3.05, 3.63) is 83.7 Å². The molecule has 0 aliphatic carbocycles. The van der Waals surface area contributed by atoms with Gasteiger partial charge in [-0.15, -0.1) is 0 Å². The minimum Gasteiger partial charge on any atom is -0.496 e. The van der Waals surface area contributed by atoms with Crippen LogP contribution < -0.4 is 10.5 Å². The number of hydrogen-bond donors (Lipinski definition) is 1. The Morgan fingerprint density at radius 1 is 1.12 bits per heavy atom. The zero-order chi connectivity index (χ0) is 23.2. The van der Waals surface area contributed by atoms with Crippen molar-refractivity contribution in [3.63, 3.8) is 0 Å². The highest BCUT2D eigenvalue weighted by molar-refractivity contribution is 5.98. The number of nitrogens with two attached hydrogens (primary N) is 1. The van der Waals surface area contributed by atoms with E-state index in [1.807, 2.05) is 36.5 Å². The molecule has 1 aliphatic heterocycles. The third kappa shape index (κ3) is 5.40. The molecule has 2 N–H and O–H groups in total. The molecule has 0 bridgehead atoms. The van der Waals surface area contributed by atoms with E-state index in [9.17, 15) is 9.59 Å². The van der Waals surface area contributed by atoms with E-state index in [-0.39, 0.29) is 5.91 Å². The maximum atomic E-state index is 13.4. The number of aromatic nitrogens is 2. The number of hydrogen-bond acceptors (Lipinski definition) is 5. The molecule has 0 spiro atoms. The number of primary amides is 1. The van der Waals surface area contributed by atoms with E-state index in [2.05, 4.69) is 22.1 Å². The van der Waals surface area contributed by atoms with Gasteiger partial charge in [0.25, 0.3) is 5.91 Å². The Bertz CT molecular complexity index is 1080. The molecule has 33 heavy (non-hydrogen) atoms. The third-order valence-corrected chi connectivity index (χ3v) is 6.03. The topological polar surface area (TPSA) is 93.7 Å². The SMILES string of the molecule is COc1ccc(C(=O)N2CCN(CCc3ccccc3)C[C@@H]2C(N)=O)cc1Cn1cccn1. The minimum absolute atomic E-state index is 0.203. The Balaban J connectivity index is 1.47. The first kappa shape index (κ1) is 22.5. The lowest BCUT2D eigenvalue weighted by atomic mass is 10.0. The van der Waals surface area contributed by atoms with E-state index in [1.165, 1.54) is 5.56 Å². The number of piperazine rings is 1. The van der Waals surface area contributed by atoms with E-state index >= 15 is 0 Å². The summed E-state index contributed by atoms with van der Waals surface area (Å²) in [7, 11) is 1.60. The summed E-state index contributed by atoms with van der Waals surface area (Å²) in [5.74, 6) is -0.0110. The van der Waals surface area contributed by atoms with Crippen LogP contribution in [-0.2, 0) is 17.8 Å². The van der Waals surface area contributed by atoms with Crippen molar-refractivity contribution in [2.24, 2.45) is 5.73 Å². The molecule has 1 saturated heterocycles. The van der Waals surface area contributed by atoms with E-state index < -0.39 is 11.9 Å². The Morgan fingerprint density at radius 3 is 2.64 bits per heavy atom. The first-order valence-corrected chi connectivity index (χ1v) is 11.1. The van der Waals surface area contributed by atoms with E-state index in [4.69, 9.17) is 10.5 Å². The summed E-state index contributed by atoms with van der Waals surface area (Å²) in [5.41, 5.74) is 8.30. The molecule has 0 unspecified atom stereocenters. The Morgan fingerprint density at radius 2 is 1.94 bits per heavy atom. The first-order valence-electron chi connectivity index (χ1n) is 11.1. The second kappa shape index (κ2) is 10.3. The highest BCUT2D eigenvalue weighted by Crippen LogP contribution is 2.23. The molecular weight excluding hydrogens is 418 g/mol. The van der Waals surface area contributed by atoms with Gasteiger partial charge in [-0.25, -0.2) is 0 Å². The predicted molar refractivity (Wildman–Crippen MR) is 125 cm³/mol. The average Bonchev–Trinajstić information content (AvgIpc) is 3.36. The van der Waals surface area contributed by atoms with Crippen LogP contribution in [0.15, 0.2) is 67.0 Å². The summed E-state index contributed by atoms with van der Waals surface area (Å²) in [6.45, 7) is 2.86. The van der Waals surface area contributed by atoms with Gasteiger partial charge in [0.2, 0.25) is 5.91 Å². The number of benzene rings is 2. The summed E-state index contributed by atoms with van der Waals surface area (Å²) in [5, 5.41) is 4.23. The fourth-order valence-electron chi connectivity index (χ4n) is 4.23. The van der Waals surface area contributed by atoms with E-state index in [0.717, 1.165) is 18.5 Å². The molecule has 8 heteroatoms. The number of ether oxygens (including phenoxy) is 1. The monoisotopic (exact) mass is 447 g/mol. The molecule has 3 aromatic rings. The first-order chi connectivity index (χ1) is 16.0. The van der Waals surface area contributed by atoms with E-state index in [1.54, 1.807) is 35.0 Å². The van der Waals surface area contributed by atoms with Crippen LogP contribution >= 0.6 is 0 Å². The van der Waals surface area contributed by atoms with Crippen LogP contribution in [0.4, 0.5) is 0 Å². The van der Waals surface area contributed by atoms with Gasteiger partial charge in [0, 0.05) is 49.7 Å². The number of carbonyl (C=O) groups excluding carboxylic acids is 2. The van der Waals surface area contributed by atoms with Gasteiger partial charge in [0.05, 0.1) is 13.7 Å². The van der Waals surface area contributed by atoms with Crippen molar-refractivity contribution in [2.75, 3.05) is 33.3 Å². The molecule has 1 atom stereocenters. The van der Waals surface area contributed by atoms with Crippen LogP contribution in [0, 0.1) is 0 Å². The van der Waals surface area contributed by atoms with Crippen molar-refractivity contribution in [1.82, 2.24) is 19.6 Å². The molecule has 4 rings (SSSR count).